The molecule has 6 fully saturated rings. The molecule has 0 aliphatic heterocycles. The Bertz CT molecular complexity index is 3500. The Balaban J connectivity index is 0.000000137. The average molecular weight is 1220 g/mol. The number of rotatable bonds is 17. The van der Waals surface area contributed by atoms with Crippen LogP contribution in [0.15, 0.2) is 154 Å². The largest absolute Gasteiger partial charge is 0.444 e. The third kappa shape index (κ3) is 14.2. The minimum absolute atomic E-state index is 0.00711. The molecule has 4 N–H and O–H groups in total. The number of oxime groups is 1. The maximum atomic E-state index is 13.4. The number of nitrogens with zero attached hydrogens (tertiary/aromatic N) is 7. The van der Waals surface area contributed by atoms with Crippen molar-refractivity contribution in [2.45, 2.75) is 177 Å². The molecule has 16 nitrogen and oxygen atoms in total. The van der Waals surface area contributed by atoms with Gasteiger partial charge in [-0.3, -0.25) is 0 Å². The number of carbonyl (C=O) groups is 2. The highest BCUT2D eigenvalue weighted by atomic mass is 35.5. The van der Waals surface area contributed by atoms with Gasteiger partial charge in [0.25, 0.3) is 11.8 Å². The van der Waals surface area contributed by atoms with E-state index in [-0.39, 0.29) is 40.9 Å². The van der Waals surface area contributed by atoms with Gasteiger partial charge in [-0.25, -0.2) is 9.59 Å². The highest BCUT2D eigenvalue weighted by Gasteiger charge is 2.54. The summed E-state index contributed by atoms with van der Waals surface area (Å²) in [4.78, 5) is 39.4. The number of hydrogen-bond donors (Lipinski definition) is 3. The molecule has 3 unspecified atom stereocenters. The van der Waals surface area contributed by atoms with Crippen molar-refractivity contribution in [2.75, 3.05) is 19.6 Å². The number of aromatic nitrogens is 4. The van der Waals surface area contributed by atoms with Gasteiger partial charge in [-0.2, -0.15) is 9.97 Å². The SMILES string of the molecule is CC(C)(C)OC(=O)N(CC1(C(N)=NO)CCC1)[C@H]1CC1c1ccccc1.CC(C)(C)OC(=O)N(CC1(c2noc(-c3ccccc3Cl)n2)CCC1)[C@H]1CC1c1ccccc1.Clc1ccccc1-c1nc(C2(CN[C@H]3CC3c3ccccc3)CCC2)no1. The summed E-state index contributed by atoms with van der Waals surface area (Å²) in [7, 11) is 0. The van der Waals surface area contributed by atoms with E-state index in [9.17, 15) is 14.8 Å². The quantitative estimate of drug-likeness (QED) is 0.0336. The molecule has 7 aromatic rings. The van der Waals surface area contributed by atoms with Crippen LogP contribution >= 0.6 is 23.2 Å². The van der Waals surface area contributed by atoms with E-state index < -0.39 is 16.6 Å². The summed E-state index contributed by atoms with van der Waals surface area (Å²) in [5, 5.41) is 26.1. The maximum Gasteiger partial charge on any atom is 0.410 e. The zero-order valence-electron chi connectivity index (χ0n) is 50.7. The van der Waals surface area contributed by atoms with E-state index >= 15 is 0 Å². The van der Waals surface area contributed by atoms with Gasteiger partial charge < -0.3 is 44.6 Å². The van der Waals surface area contributed by atoms with Gasteiger partial charge in [0, 0.05) is 66.3 Å². The van der Waals surface area contributed by atoms with Gasteiger partial charge >= 0.3 is 12.2 Å². The minimum atomic E-state index is -0.567. The molecule has 6 aliphatic rings. The topological polar surface area (TPSA) is 208 Å². The summed E-state index contributed by atoms with van der Waals surface area (Å²) in [6, 6.07) is 47.1. The van der Waals surface area contributed by atoms with E-state index in [1.54, 1.807) is 11.0 Å². The molecule has 458 valence electrons. The second-order valence-electron chi connectivity index (χ2n) is 26.8. The molecule has 0 bridgehead atoms. The molecular weight excluding hydrogens is 1140 g/mol. The number of ether oxygens (including phenoxy) is 2. The second-order valence-corrected chi connectivity index (χ2v) is 27.6. The predicted octanol–water partition coefficient (Wildman–Crippen LogP) is 15.3. The van der Waals surface area contributed by atoms with Crippen molar-refractivity contribution in [3.63, 3.8) is 0 Å². The van der Waals surface area contributed by atoms with Gasteiger partial charge in [0.05, 0.1) is 26.6 Å². The van der Waals surface area contributed by atoms with Crippen LogP contribution in [0.25, 0.3) is 22.9 Å². The molecule has 2 amide bonds. The molecule has 6 atom stereocenters. The van der Waals surface area contributed by atoms with Crippen molar-refractivity contribution < 1.29 is 33.3 Å². The van der Waals surface area contributed by atoms with Crippen molar-refractivity contribution in [1.29, 1.82) is 0 Å². The number of halogens is 2. The minimum Gasteiger partial charge on any atom is -0.444 e. The fraction of sp³-hybridized carbons (Fsp3) is 0.464. The van der Waals surface area contributed by atoms with E-state index in [2.05, 4.69) is 75.4 Å². The van der Waals surface area contributed by atoms with Gasteiger partial charge in [0.1, 0.15) is 17.0 Å². The van der Waals surface area contributed by atoms with Crippen molar-refractivity contribution in [3.05, 3.63) is 178 Å². The lowest BCUT2D eigenvalue weighted by Crippen LogP contribution is -2.53. The van der Waals surface area contributed by atoms with Crippen LogP contribution in [-0.4, -0.2) is 102 Å². The lowest BCUT2D eigenvalue weighted by molar-refractivity contribution is 0.0110. The Morgan fingerprint density at radius 3 is 1.38 bits per heavy atom. The van der Waals surface area contributed by atoms with Gasteiger partial charge in [0.15, 0.2) is 11.6 Å². The molecule has 6 saturated carbocycles. The van der Waals surface area contributed by atoms with Gasteiger partial charge in [-0.15, -0.1) is 0 Å². The maximum absolute atomic E-state index is 13.4. The zero-order chi connectivity index (χ0) is 61.1. The summed E-state index contributed by atoms with van der Waals surface area (Å²) in [5.41, 5.74) is 9.49. The fourth-order valence-corrected chi connectivity index (χ4v) is 13.1. The Hall–Kier alpha value is -7.27. The molecular formula is C69H81Cl2N9O7. The monoisotopic (exact) mass is 1220 g/mol. The van der Waals surface area contributed by atoms with Crippen LogP contribution in [0.2, 0.25) is 10.0 Å². The third-order valence-electron chi connectivity index (χ3n) is 18.3. The van der Waals surface area contributed by atoms with Crippen molar-refractivity contribution in [1.82, 2.24) is 35.4 Å². The smallest absolute Gasteiger partial charge is 0.410 e. The molecule has 0 saturated heterocycles. The molecule has 0 radical (unpaired) electrons. The number of amidine groups is 1. The molecule has 13 rings (SSSR count). The van der Waals surface area contributed by atoms with E-state index in [4.69, 9.17) is 57.4 Å². The number of benzene rings is 5. The van der Waals surface area contributed by atoms with Crippen LogP contribution < -0.4 is 11.1 Å². The Labute approximate surface area is 520 Å². The summed E-state index contributed by atoms with van der Waals surface area (Å²) < 4.78 is 22.7. The number of nitrogens with two attached hydrogens (primary N) is 1. The highest BCUT2D eigenvalue weighted by molar-refractivity contribution is 6.33. The first kappa shape index (κ1) is 61.4. The first-order valence-electron chi connectivity index (χ1n) is 30.8. The van der Waals surface area contributed by atoms with Crippen LogP contribution in [0.1, 0.15) is 165 Å². The zero-order valence-corrected chi connectivity index (χ0v) is 52.2. The Kier molecular flexibility index (Phi) is 18.0. The third-order valence-corrected chi connectivity index (χ3v) is 18.9. The molecule has 5 aromatic carbocycles. The molecule has 87 heavy (non-hydrogen) atoms. The Morgan fingerprint density at radius 2 is 0.989 bits per heavy atom. The molecule has 18 heteroatoms. The van der Waals surface area contributed by atoms with Crippen LogP contribution in [-0.2, 0) is 20.3 Å². The standard InChI is InChI=1S/C27H30ClN3O3.C22H22ClN3O.C20H29N3O3/c1-26(2,3)33-25(32)31(22-16-20(22)18-10-5-4-6-11-18)17-27(14-9-15-27)24-29-23(34-30-24)19-12-7-8-13-21(19)28;23-18-10-5-4-9-16(18)20-25-21(26-27-20)22(11-6-12-22)14-24-19-13-17(19)15-7-2-1-3-8-15;1-19(2,3)26-18(24)23(13-20(10-7-11-20)17(21)22-25)16-12-15(16)14-8-5-4-6-9-14/h4-8,10-13,20,22H,9,14-17H2,1-3H3;1-5,7-10,17,19,24H,6,11-14H2;4-6,8-9,15-16,25H,7,10-13H2,1-3H3,(H2,21,22)/t20?,22-;17?,19-;15?,16-/m000/s1. The van der Waals surface area contributed by atoms with E-state index in [0.717, 1.165) is 82.1 Å². The number of nitrogens with one attached hydrogen (secondary N) is 1. The molecule has 6 aliphatic carbocycles. The van der Waals surface area contributed by atoms with Gasteiger partial charge in [-0.1, -0.05) is 173 Å². The fourth-order valence-electron chi connectivity index (χ4n) is 12.6. The van der Waals surface area contributed by atoms with Crippen LogP contribution in [0.5, 0.6) is 0 Å². The number of hydrogen-bond acceptors (Lipinski definition) is 13. The van der Waals surface area contributed by atoms with Crippen LogP contribution in [0.3, 0.4) is 0 Å². The summed E-state index contributed by atoms with van der Waals surface area (Å²) in [6.07, 6.45) is 11.4. The molecule has 2 aromatic heterocycles. The van der Waals surface area contributed by atoms with Crippen LogP contribution in [0.4, 0.5) is 9.59 Å². The normalized spacial score (nSPS) is 22.6. The van der Waals surface area contributed by atoms with E-state index in [1.165, 1.54) is 29.5 Å². The first-order valence-corrected chi connectivity index (χ1v) is 31.6. The van der Waals surface area contributed by atoms with Crippen molar-refractivity contribution >= 4 is 41.2 Å². The summed E-state index contributed by atoms with van der Waals surface area (Å²) in [6.45, 7) is 13.2. The van der Waals surface area contributed by atoms with Crippen LogP contribution in [0, 0.1) is 5.41 Å². The lowest BCUT2D eigenvalue weighted by atomic mass is 9.67. The molecule has 0 spiro atoms. The second kappa shape index (κ2) is 25.4. The average Bonchev–Trinajstić information content (AvgIpc) is 1.78. The molecule has 2 heterocycles. The van der Waals surface area contributed by atoms with Crippen molar-refractivity contribution in [2.24, 2.45) is 16.3 Å². The lowest BCUT2D eigenvalue weighted by Gasteiger charge is -2.44. The van der Waals surface area contributed by atoms with E-state index in [0.29, 0.717) is 70.1 Å². The first-order chi connectivity index (χ1) is 41.8. The summed E-state index contributed by atoms with van der Waals surface area (Å²) >= 11 is 12.6. The van der Waals surface area contributed by atoms with E-state index in [1.807, 2.05) is 125 Å². The van der Waals surface area contributed by atoms with Gasteiger partial charge in [0.2, 0.25) is 0 Å². The van der Waals surface area contributed by atoms with Crippen molar-refractivity contribution in [3.8, 4) is 22.9 Å². The Morgan fingerprint density at radius 1 is 0.586 bits per heavy atom. The van der Waals surface area contributed by atoms with Gasteiger partial charge in [-0.05, 0) is 140 Å². The number of amides is 2. The number of carbonyl (C=O) groups excluding carboxylic acids is 2. The predicted molar refractivity (Wildman–Crippen MR) is 337 cm³/mol. The summed E-state index contributed by atoms with van der Waals surface area (Å²) in [5.74, 6) is 3.84. The highest BCUT2D eigenvalue weighted by Crippen LogP contribution is 2.52.